The number of nitrogens with zero attached hydrogens (tertiary/aromatic N) is 2. The van der Waals surface area contributed by atoms with Gasteiger partial charge in [0.1, 0.15) is 11.3 Å². The molecule has 0 radical (unpaired) electrons. The molecular weight excluding hydrogens is 322 g/mol. The van der Waals surface area contributed by atoms with Crippen LogP contribution in [0.25, 0.3) is 0 Å². The third-order valence-electron chi connectivity index (χ3n) is 4.86. The maximum atomic E-state index is 12.8. The number of hydrogen-bond acceptors (Lipinski definition) is 6. The second-order valence-corrected chi connectivity index (χ2v) is 6.44. The van der Waals surface area contributed by atoms with Gasteiger partial charge in [0.2, 0.25) is 5.91 Å². The van der Waals surface area contributed by atoms with Crippen molar-refractivity contribution >= 4 is 17.6 Å². The Morgan fingerprint density at radius 2 is 1.92 bits per heavy atom. The molecule has 1 aromatic carbocycles. The number of anilines is 1. The summed E-state index contributed by atoms with van der Waals surface area (Å²) in [5.74, 6) is 0.415. The van der Waals surface area contributed by atoms with Crippen molar-refractivity contribution < 1.29 is 19.1 Å². The lowest BCUT2D eigenvalue weighted by molar-refractivity contribution is -0.145. The molecule has 2 saturated heterocycles. The van der Waals surface area contributed by atoms with Gasteiger partial charge in [-0.1, -0.05) is 0 Å². The fourth-order valence-electron chi connectivity index (χ4n) is 3.60. The van der Waals surface area contributed by atoms with Crippen LogP contribution < -0.4 is 15.0 Å². The van der Waals surface area contributed by atoms with Gasteiger partial charge >= 0.3 is 5.97 Å². The summed E-state index contributed by atoms with van der Waals surface area (Å²) in [7, 11) is 1.85. The molecule has 0 aromatic heterocycles. The van der Waals surface area contributed by atoms with Gasteiger partial charge in [-0.05, 0) is 57.1 Å². The molecule has 1 N–H and O–H groups in total. The molecule has 2 aliphatic rings. The third-order valence-corrected chi connectivity index (χ3v) is 4.86. The van der Waals surface area contributed by atoms with E-state index in [4.69, 9.17) is 9.47 Å². The maximum absolute atomic E-state index is 12.8. The van der Waals surface area contributed by atoms with Crippen LogP contribution in [0.2, 0.25) is 0 Å². The van der Waals surface area contributed by atoms with Crippen LogP contribution in [0.5, 0.6) is 5.75 Å². The first kappa shape index (κ1) is 17.5. The Balaban J connectivity index is 1.72. The van der Waals surface area contributed by atoms with Crippen LogP contribution in [-0.4, -0.2) is 62.3 Å². The van der Waals surface area contributed by atoms with Gasteiger partial charge < -0.3 is 24.6 Å². The van der Waals surface area contributed by atoms with Crippen molar-refractivity contribution in [3.05, 3.63) is 24.3 Å². The topological polar surface area (TPSA) is 71.1 Å². The lowest BCUT2D eigenvalue weighted by Gasteiger charge is -2.40. The number of nitrogens with one attached hydrogen (secondary N) is 1. The van der Waals surface area contributed by atoms with Gasteiger partial charge in [0.15, 0.2) is 6.61 Å². The van der Waals surface area contributed by atoms with Crippen molar-refractivity contribution in [3.63, 3.8) is 0 Å². The average Bonchev–Trinajstić information content (AvgIpc) is 2.86. The first-order valence-corrected chi connectivity index (χ1v) is 8.69. The van der Waals surface area contributed by atoms with Gasteiger partial charge in [0, 0.05) is 12.7 Å². The Labute approximate surface area is 147 Å². The molecule has 2 aliphatic heterocycles. The third kappa shape index (κ3) is 3.42. The summed E-state index contributed by atoms with van der Waals surface area (Å²) in [5.41, 5.74) is 0.538. The number of ether oxygens (including phenoxy) is 2. The number of benzene rings is 1. The summed E-state index contributed by atoms with van der Waals surface area (Å²) in [6, 6.07) is 7.53. The molecule has 1 spiro atoms. The highest BCUT2D eigenvalue weighted by Gasteiger charge is 2.51. The number of piperidine rings is 1. The summed E-state index contributed by atoms with van der Waals surface area (Å²) in [6.07, 6.45) is 1.61. The van der Waals surface area contributed by atoms with Crippen molar-refractivity contribution in [1.29, 1.82) is 0 Å². The summed E-state index contributed by atoms with van der Waals surface area (Å²) >= 11 is 0. The van der Waals surface area contributed by atoms with Gasteiger partial charge in [0.25, 0.3) is 0 Å². The molecule has 7 nitrogen and oxygen atoms in total. The Morgan fingerprint density at radius 1 is 1.24 bits per heavy atom. The maximum Gasteiger partial charge on any atom is 0.344 e. The summed E-state index contributed by atoms with van der Waals surface area (Å²) in [4.78, 5) is 28.1. The molecule has 0 unspecified atom stereocenters. The zero-order valence-corrected chi connectivity index (χ0v) is 14.8. The van der Waals surface area contributed by atoms with Crippen LogP contribution in [-0.2, 0) is 14.3 Å². The standard InChI is InChI=1S/C18H25N3O4/c1-3-24-16(22)12-25-15-6-4-14(5-7-15)21-13-20(2)17(23)18(21)8-10-19-11-9-18/h4-7,19H,3,8-13H2,1-2H3. The molecule has 25 heavy (non-hydrogen) atoms. The van der Waals surface area contributed by atoms with E-state index in [1.54, 1.807) is 11.8 Å². The minimum atomic E-state index is -0.451. The second-order valence-electron chi connectivity index (χ2n) is 6.44. The van der Waals surface area contributed by atoms with E-state index < -0.39 is 5.54 Å². The highest BCUT2D eigenvalue weighted by molar-refractivity contribution is 5.93. The van der Waals surface area contributed by atoms with E-state index in [1.165, 1.54) is 0 Å². The predicted molar refractivity (Wildman–Crippen MR) is 93.5 cm³/mol. The minimum Gasteiger partial charge on any atom is -0.482 e. The molecule has 0 aliphatic carbocycles. The van der Waals surface area contributed by atoms with Crippen LogP contribution in [0.4, 0.5) is 5.69 Å². The molecule has 3 rings (SSSR count). The molecule has 136 valence electrons. The number of carbonyl (C=O) groups excluding carboxylic acids is 2. The molecule has 2 heterocycles. The van der Waals surface area contributed by atoms with Crippen molar-refractivity contribution in [3.8, 4) is 5.75 Å². The molecule has 2 fully saturated rings. The predicted octanol–water partition coefficient (Wildman–Crippen LogP) is 0.987. The lowest BCUT2D eigenvalue weighted by Crippen LogP contribution is -2.55. The van der Waals surface area contributed by atoms with E-state index in [1.807, 2.05) is 31.3 Å². The number of likely N-dealkylation sites (N-methyl/N-ethyl adjacent to an activating group) is 1. The minimum absolute atomic E-state index is 0.103. The van der Waals surface area contributed by atoms with Crippen molar-refractivity contribution in [2.45, 2.75) is 25.3 Å². The summed E-state index contributed by atoms with van der Waals surface area (Å²) in [6.45, 7) is 4.27. The first-order chi connectivity index (χ1) is 12.1. The molecule has 0 saturated carbocycles. The van der Waals surface area contributed by atoms with Gasteiger partial charge in [-0.15, -0.1) is 0 Å². The summed E-state index contributed by atoms with van der Waals surface area (Å²) in [5, 5.41) is 3.33. The van der Waals surface area contributed by atoms with E-state index in [0.717, 1.165) is 31.6 Å². The second kappa shape index (κ2) is 7.31. The molecule has 0 atom stereocenters. The fourth-order valence-corrected chi connectivity index (χ4v) is 3.60. The van der Waals surface area contributed by atoms with E-state index in [2.05, 4.69) is 10.2 Å². The van der Waals surface area contributed by atoms with E-state index >= 15 is 0 Å². The van der Waals surface area contributed by atoms with Gasteiger partial charge in [-0.2, -0.15) is 0 Å². The van der Waals surface area contributed by atoms with E-state index in [0.29, 0.717) is 19.0 Å². The van der Waals surface area contributed by atoms with E-state index in [9.17, 15) is 9.59 Å². The Hall–Kier alpha value is -2.28. The van der Waals surface area contributed by atoms with Gasteiger partial charge in [0.05, 0.1) is 13.3 Å². The number of amides is 1. The monoisotopic (exact) mass is 347 g/mol. The Kier molecular flexibility index (Phi) is 5.13. The average molecular weight is 347 g/mol. The number of hydrogen-bond donors (Lipinski definition) is 1. The van der Waals surface area contributed by atoms with Crippen molar-refractivity contribution in [2.75, 3.05) is 44.9 Å². The van der Waals surface area contributed by atoms with Crippen LogP contribution >= 0.6 is 0 Å². The molecule has 0 bridgehead atoms. The molecule has 7 heteroatoms. The van der Waals surface area contributed by atoms with E-state index in [-0.39, 0.29) is 18.5 Å². The largest absolute Gasteiger partial charge is 0.482 e. The van der Waals surface area contributed by atoms with Gasteiger partial charge in [-0.3, -0.25) is 4.79 Å². The number of rotatable bonds is 5. The van der Waals surface area contributed by atoms with Crippen LogP contribution in [0.15, 0.2) is 24.3 Å². The lowest BCUT2D eigenvalue weighted by atomic mass is 9.86. The smallest absolute Gasteiger partial charge is 0.344 e. The zero-order chi connectivity index (χ0) is 17.9. The Morgan fingerprint density at radius 3 is 2.56 bits per heavy atom. The number of carbonyl (C=O) groups is 2. The van der Waals surface area contributed by atoms with Crippen LogP contribution in [0.3, 0.4) is 0 Å². The molecule has 1 amide bonds. The number of esters is 1. The fraction of sp³-hybridized carbons (Fsp3) is 0.556. The molecule has 1 aromatic rings. The zero-order valence-electron chi connectivity index (χ0n) is 14.8. The van der Waals surface area contributed by atoms with Gasteiger partial charge in [-0.25, -0.2) is 4.79 Å². The van der Waals surface area contributed by atoms with Crippen molar-refractivity contribution in [2.24, 2.45) is 0 Å². The molecular formula is C18H25N3O4. The van der Waals surface area contributed by atoms with Crippen LogP contribution in [0, 0.1) is 0 Å². The highest BCUT2D eigenvalue weighted by atomic mass is 16.6. The summed E-state index contributed by atoms with van der Waals surface area (Å²) < 4.78 is 10.3. The Bertz CT molecular complexity index is 626. The normalized spacial score (nSPS) is 19.4. The first-order valence-electron chi connectivity index (χ1n) is 8.69. The highest BCUT2D eigenvalue weighted by Crippen LogP contribution is 2.37. The van der Waals surface area contributed by atoms with Crippen molar-refractivity contribution in [1.82, 2.24) is 10.2 Å². The quantitative estimate of drug-likeness (QED) is 0.801. The van der Waals surface area contributed by atoms with Crippen LogP contribution in [0.1, 0.15) is 19.8 Å². The SMILES string of the molecule is CCOC(=O)COc1ccc(N2CN(C)C(=O)C23CCNCC3)cc1.